The molecular weight excluding hydrogens is 350 g/mol. The number of aromatic nitrogens is 2. The van der Waals surface area contributed by atoms with Gasteiger partial charge in [0.2, 0.25) is 0 Å². The van der Waals surface area contributed by atoms with Gasteiger partial charge < -0.3 is 10.1 Å². The third-order valence-electron chi connectivity index (χ3n) is 4.13. The van der Waals surface area contributed by atoms with Crippen LogP contribution in [0, 0.1) is 6.92 Å². The second kappa shape index (κ2) is 8.06. The van der Waals surface area contributed by atoms with E-state index in [1.165, 1.54) is 6.20 Å². The lowest BCUT2D eigenvalue weighted by Crippen LogP contribution is -2.26. The van der Waals surface area contributed by atoms with Crippen molar-refractivity contribution in [1.29, 1.82) is 0 Å². The Morgan fingerprint density at radius 1 is 1.23 bits per heavy atom. The van der Waals surface area contributed by atoms with Crippen LogP contribution in [0.4, 0.5) is 0 Å². The molecule has 0 atom stereocenters. The van der Waals surface area contributed by atoms with E-state index in [4.69, 9.17) is 16.3 Å². The summed E-state index contributed by atoms with van der Waals surface area (Å²) in [6.45, 7) is 2.54. The number of nitrogens with one attached hydrogen (secondary N) is 2. The zero-order valence-electron chi connectivity index (χ0n) is 14.7. The predicted octanol–water partition coefficient (Wildman–Crippen LogP) is 4.02. The molecule has 0 radical (unpaired) electrons. The highest BCUT2D eigenvalue weighted by atomic mass is 35.5. The molecule has 0 aliphatic carbocycles. The number of nitrogens with zero attached hydrogens (tertiary/aromatic N) is 1. The second-order valence-corrected chi connectivity index (χ2v) is 6.42. The quantitative estimate of drug-likeness (QED) is 0.689. The number of ether oxygens (including phenoxy) is 1. The molecule has 3 rings (SSSR count). The number of carbonyl (C=O) groups is 1. The zero-order chi connectivity index (χ0) is 18.5. The van der Waals surface area contributed by atoms with E-state index in [9.17, 15) is 4.79 Å². The SMILES string of the molecule is COc1ccc(C)cc1CCNC(=O)c1cn[nH]c1-c1ccc(Cl)cc1. The highest BCUT2D eigenvalue weighted by Crippen LogP contribution is 2.23. The predicted molar refractivity (Wildman–Crippen MR) is 103 cm³/mol. The summed E-state index contributed by atoms with van der Waals surface area (Å²) in [5.41, 5.74) is 4.26. The van der Waals surface area contributed by atoms with Crippen molar-refractivity contribution in [3.63, 3.8) is 0 Å². The topological polar surface area (TPSA) is 67.0 Å². The highest BCUT2D eigenvalue weighted by molar-refractivity contribution is 6.30. The zero-order valence-corrected chi connectivity index (χ0v) is 15.4. The number of aryl methyl sites for hydroxylation is 1. The van der Waals surface area contributed by atoms with Gasteiger partial charge in [0.1, 0.15) is 5.75 Å². The van der Waals surface area contributed by atoms with Gasteiger partial charge >= 0.3 is 0 Å². The molecular formula is C20H20ClN3O2. The summed E-state index contributed by atoms with van der Waals surface area (Å²) in [6, 6.07) is 13.3. The average molecular weight is 370 g/mol. The van der Waals surface area contributed by atoms with E-state index in [0.717, 1.165) is 22.4 Å². The molecule has 0 saturated carbocycles. The maximum absolute atomic E-state index is 12.6. The maximum atomic E-state index is 12.6. The number of halogens is 1. The van der Waals surface area contributed by atoms with E-state index >= 15 is 0 Å². The summed E-state index contributed by atoms with van der Waals surface area (Å²) in [4.78, 5) is 12.6. The first-order valence-corrected chi connectivity index (χ1v) is 8.67. The molecule has 0 bridgehead atoms. The summed E-state index contributed by atoms with van der Waals surface area (Å²) in [5.74, 6) is 0.658. The van der Waals surface area contributed by atoms with Crippen LogP contribution in [0.3, 0.4) is 0 Å². The number of hydrogen-bond donors (Lipinski definition) is 2. The van der Waals surface area contributed by atoms with Gasteiger partial charge in [-0.05, 0) is 37.1 Å². The Balaban J connectivity index is 1.67. The first kappa shape index (κ1) is 18.0. The Bertz CT molecular complexity index is 904. The van der Waals surface area contributed by atoms with E-state index in [1.807, 2.05) is 31.2 Å². The number of amides is 1. The molecule has 1 amide bonds. The van der Waals surface area contributed by atoms with Gasteiger partial charge in [-0.1, -0.05) is 41.4 Å². The highest BCUT2D eigenvalue weighted by Gasteiger charge is 2.15. The molecule has 6 heteroatoms. The van der Waals surface area contributed by atoms with Crippen LogP contribution in [0.15, 0.2) is 48.7 Å². The first-order chi connectivity index (χ1) is 12.6. The molecule has 0 aliphatic heterocycles. The van der Waals surface area contributed by atoms with Crippen molar-refractivity contribution in [3.05, 3.63) is 70.4 Å². The molecule has 2 N–H and O–H groups in total. The molecule has 0 fully saturated rings. The summed E-state index contributed by atoms with van der Waals surface area (Å²) in [7, 11) is 1.65. The van der Waals surface area contributed by atoms with Gasteiger partial charge in [0.15, 0.2) is 0 Å². The van der Waals surface area contributed by atoms with Gasteiger partial charge in [-0.25, -0.2) is 0 Å². The minimum absolute atomic E-state index is 0.171. The number of methoxy groups -OCH3 is 1. The molecule has 0 saturated heterocycles. The first-order valence-electron chi connectivity index (χ1n) is 8.29. The third-order valence-corrected chi connectivity index (χ3v) is 4.38. The smallest absolute Gasteiger partial charge is 0.255 e. The van der Waals surface area contributed by atoms with Crippen LogP contribution in [0.1, 0.15) is 21.5 Å². The largest absolute Gasteiger partial charge is 0.496 e. The number of carbonyl (C=O) groups excluding carboxylic acids is 1. The molecule has 5 nitrogen and oxygen atoms in total. The fourth-order valence-corrected chi connectivity index (χ4v) is 2.93. The Kier molecular flexibility index (Phi) is 5.58. The van der Waals surface area contributed by atoms with E-state index in [1.54, 1.807) is 19.2 Å². The van der Waals surface area contributed by atoms with Crippen LogP contribution < -0.4 is 10.1 Å². The fraction of sp³-hybridized carbons (Fsp3) is 0.200. The van der Waals surface area contributed by atoms with E-state index < -0.39 is 0 Å². The van der Waals surface area contributed by atoms with Crippen molar-refractivity contribution in [2.24, 2.45) is 0 Å². The molecule has 26 heavy (non-hydrogen) atoms. The second-order valence-electron chi connectivity index (χ2n) is 5.99. The molecule has 0 spiro atoms. The van der Waals surface area contributed by atoms with Gasteiger partial charge in [0.05, 0.1) is 24.6 Å². The molecule has 0 unspecified atom stereocenters. The molecule has 1 heterocycles. The lowest BCUT2D eigenvalue weighted by Gasteiger charge is -2.10. The fourth-order valence-electron chi connectivity index (χ4n) is 2.80. The number of benzene rings is 2. The van der Waals surface area contributed by atoms with Crippen LogP contribution in [-0.2, 0) is 6.42 Å². The third kappa shape index (κ3) is 4.06. The minimum Gasteiger partial charge on any atom is -0.496 e. The summed E-state index contributed by atoms with van der Waals surface area (Å²) in [5, 5.41) is 10.5. The lowest BCUT2D eigenvalue weighted by molar-refractivity contribution is 0.0954. The van der Waals surface area contributed by atoms with Crippen LogP contribution in [0.2, 0.25) is 5.02 Å². The number of aromatic amines is 1. The van der Waals surface area contributed by atoms with Crippen molar-refractivity contribution in [2.45, 2.75) is 13.3 Å². The number of hydrogen-bond acceptors (Lipinski definition) is 3. The van der Waals surface area contributed by atoms with Crippen molar-refractivity contribution < 1.29 is 9.53 Å². The standard InChI is InChI=1S/C20H20ClN3O2/c1-13-3-8-18(26-2)15(11-13)9-10-22-20(25)17-12-23-24-19(17)14-4-6-16(21)7-5-14/h3-8,11-12H,9-10H2,1-2H3,(H,22,25)(H,23,24). The van der Waals surface area contributed by atoms with Crippen LogP contribution >= 0.6 is 11.6 Å². The molecule has 1 aromatic heterocycles. The molecule has 134 valence electrons. The van der Waals surface area contributed by atoms with Gasteiger partial charge in [0.25, 0.3) is 5.91 Å². The Labute approximate surface area is 157 Å². The average Bonchev–Trinajstić information content (AvgIpc) is 3.12. The number of rotatable bonds is 6. The van der Waals surface area contributed by atoms with E-state index in [0.29, 0.717) is 29.2 Å². The summed E-state index contributed by atoms with van der Waals surface area (Å²) >= 11 is 5.92. The van der Waals surface area contributed by atoms with Gasteiger partial charge in [-0.15, -0.1) is 0 Å². The van der Waals surface area contributed by atoms with Crippen molar-refractivity contribution in [3.8, 4) is 17.0 Å². The van der Waals surface area contributed by atoms with E-state index in [2.05, 4.69) is 21.6 Å². The Hall–Kier alpha value is -2.79. The van der Waals surface area contributed by atoms with Gasteiger partial charge in [-0.2, -0.15) is 5.10 Å². The molecule has 0 aliphatic rings. The monoisotopic (exact) mass is 369 g/mol. The van der Waals surface area contributed by atoms with Crippen LogP contribution in [0.25, 0.3) is 11.3 Å². The van der Waals surface area contributed by atoms with Gasteiger partial charge in [-0.3, -0.25) is 9.89 Å². The lowest BCUT2D eigenvalue weighted by atomic mass is 10.1. The van der Waals surface area contributed by atoms with Crippen molar-refractivity contribution in [1.82, 2.24) is 15.5 Å². The van der Waals surface area contributed by atoms with E-state index in [-0.39, 0.29) is 5.91 Å². The number of H-pyrrole nitrogens is 1. The normalized spacial score (nSPS) is 10.6. The summed E-state index contributed by atoms with van der Waals surface area (Å²) < 4.78 is 5.38. The maximum Gasteiger partial charge on any atom is 0.255 e. The Morgan fingerprint density at radius 2 is 2.00 bits per heavy atom. The van der Waals surface area contributed by atoms with Crippen LogP contribution in [-0.4, -0.2) is 29.8 Å². The van der Waals surface area contributed by atoms with Crippen molar-refractivity contribution >= 4 is 17.5 Å². The van der Waals surface area contributed by atoms with Crippen molar-refractivity contribution in [2.75, 3.05) is 13.7 Å². The Morgan fingerprint density at radius 3 is 2.73 bits per heavy atom. The molecule has 2 aromatic carbocycles. The van der Waals surface area contributed by atoms with Crippen LogP contribution in [0.5, 0.6) is 5.75 Å². The minimum atomic E-state index is -0.171. The summed E-state index contributed by atoms with van der Waals surface area (Å²) in [6.07, 6.45) is 2.22. The van der Waals surface area contributed by atoms with Gasteiger partial charge in [0, 0.05) is 17.1 Å². The molecule has 3 aromatic rings.